The van der Waals surface area contributed by atoms with Gasteiger partial charge in [-0.1, -0.05) is 20.8 Å². The van der Waals surface area contributed by atoms with Crippen molar-refractivity contribution in [3.8, 4) is 0 Å². The summed E-state index contributed by atoms with van der Waals surface area (Å²) in [6.45, 7) is 10.1. The number of hydrogen-bond donors (Lipinski definition) is 1. The Hall–Kier alpha value is -0.760. The van der Waals surface area contributed by atoms with Crippen LogP contribution in [-0.2, 0) is 0 Å². The van der Waals surface area contributed by atoms with Crippen LogP contribution in [0.25, 0.3) is 0 Å². The van der Waals surface area contributed by atoms with Gasteiger partial charge >= 0.3 is 0 Å². The van der Waals surface area contributed by atoms with Crippen LogP contribution >= 0.6 is 0 Å². The number of hydrogen-bond acceptors (Lipinski definition) is 2. The molecule has 0 saturated heterocycles. The van der Waals surface area contributed by atoms with Crippen molar-refractivity contribution in [2.24, 2.45) is 17.8 Å². The van der Waals surface area contributed by atoms with E-state index in [1.807, 2.05) is 6.26 Å². The van der Waals surface area contributed by atoms with E-state index in [2.05, 4.69) is 39.1 Å². The lowest BCUT2D eigenvalue weighted by atomic mass is 9.73. The van der Waals surface area contributed by atoms with Crippen LogP contribution in [0, 0.1) is 24.7 Å². The maximum absolute atomic E-state index is 5.74. The molecule has 2 heteroatoms. The van der Waals surface area contributed by atoms with E-state index in [1.165, 1.54) is 24.8 Å². The average molecular weight is 249 g/mol. The quantitative estimate of drug-likeness (QED) is 0.860. The molecule has 2 rings (SSSR count). The minimum absolute atomic E-state index is 0.398. The van der Waals surface area contributed by atoms with E-state index in [0.29, 0.717) is 12.0 Å². The van der Waals surface area contributed by atoms with Gasteiger partial charge in [0.2, 0.25) is 0 Å². The third-order valence-electron chi connectivity index (χ3n) is 4.29. The van der Waals surface area contributed by atoms with Crippen molar-refractivity contribution in [1.82, 2.24) is 5.32 Å². The Kier molecular flexibility index (Phi) is 4.50. The molecule has 1 fully saturated rings. The molecule has 3 atom stereocenters. The lowest BCUT2D eigenvalue weighted by Crippen LogP contribution is -2.33. The Bertz CT molecular complexity index is 361. The Labute approximate surface area is 111 Å². The summed E-state index contributed by atoms with van der Waals surface area (Å²) in [4.78, 5) is 0. The van der Waals surface area contributed by atoms with Crippen molar-refractivity contribution in [3.05, 3.63) is 23.7 Å². The summed E-state index contributed by atoms with van der Waals surface area (Å²) < 4.78 is 5.74. The molecule has 1 heterocycles. The standard InChI is InChI=1S/C16H27NO/c1-5-17-15(16-13(4)6-7-18-16)14-9-11(2)8-12(3)10-14/h6-7,11-12,14-15,17H,5,8-10H2,1-4H3. The van der Waals surface area contributed by atoms with Gasteiger partial charge in [-0.2, -0.15) is 0 Å². The van der Waals surface area contributed by atoms with E-state index in [9.17, 15) is 0 Å². The molecule has 0 radical (unpaired) electrons. The summed E-state index contributed by atoms with van der Waals surface area (Å²) >= 11 is 0. The average Bonchev–Trinajstić information content (AvgIpc) is 2.71. The van der Waals surface area contributed by atoms with Crippen molar-refractivity contribution in [2.45, 2.75) is 53.0 Å². The minimum atomic E-state index is 0.398. The Morgan fingerprint density at radius 3 is 2.44 bits per heavy atom. The second-order valence-electron chi connectivity index (χ2n) is 6.18. The lowest BCUT2D eigenvalue weighted by molar-refractivity contribution is 0.165. The fourth-order valence-corrected chi connectivity index (χ4v) is 3.68. The third-order valence-corrected chi connectivity index (χ3v) is 4.29. The molecular formula is C16H27NO. The van der Waals surface area contributed by atoms with Gasteiger partial charge in [-0.05, 0) is 62.1 Å². The molecular weight excluding hydrogens is 222 g/mol. The molecule has 1 aromatic rings. The maximum Gasteiger partial charge on any atom is 0.123 e. The van der Waals surface area contributed by atoms with Crippen LogP contribution in [0.5, 0.6) is 0 Å². The number of aryl methyl sites for hydroxylation is 1. The zero-order valence-electron chi connectivity index (χ0n) is 12.2. The van der Waals surface area contributed by atoms with Gasteiger partial charge in [-0.15, -0.1) is 0 Å². The molecule has 102 valence electrons. The third kappa shape index (κ3) is 2.97. The first kappa shape index (κ1) is 13.7. The topological polar surface area (TPSA) is 25.2 Å². The molecule has 0 aliphatic heterocycles. The van der Waals surface area contributed by atoms with Crippen molar-refractivity contribution in [2.75, 3.05) is 6.54 Å². The first-order chi connectivity index (χ1) is 8.61. The molecule has 1 aliphatic carbocycles. The first-order valence-electron chi connectivity index (χ1n) is 7.39. The fraction of sp³-hybridized carbons (Fsp3) is 0.750. The minimum Gasteiger partial charge on any atom is -0.467 e. The summed E-state index contributed by atoms with van der Waals surface area (Å²) in [5, 5.41) is 3.64. The fourth-order valence-electron chi connectivity index (χ4n) is 3.68. The summed E-state index contributed by atoms with van der Waals surface area (Å²) in [5.74, 6) is 3.56. The largest absolute Gasteiger partial charge is 0.467 e. The van der Waals surface area contributed by atoms with Gasteiger partial charge in [0.05, 0.1) is 12.3 Å². The molecule has 18 heavy (non-hydrogen) atoms. The summed E-state index contributed by atoms with van der Waals surface area (Å²) in [7, 11) is 0. The number of rotatable bonds is 4. The number of nitrogens with one attached hydrogen (secondary N) is 1. The summed E-state index contributed by atoms with van der Waals surface area (Å²) in [5.41, 5.74) is 1.28. The maximum atomic E-state index is 5.74. The van der Waals surface area contributed by atoms with Gasteiger partial charge in [0.15, 0.2) is 0 Å². The van der Waals surface area contributed by atoms with Crippen molar-refractivity contribution < 1.29 is 4.42 Å². The van der Waals surface area contributed by atoms with Gasteiger partial charge in [-0.3, -0.25) is 0 Å². The molecule has 1 aliphatic rings. The van der Waals surface area contributed by atoms with E-state index < -0.39 is 0 Å². The predicted molar refractivity (Wildman–Crippen MR) is 75.5 cm³/mol. The molecule has 0 spiro atoms. The van der Waals surface area contributed by atoms with Crippen molar-refractivity contribution in [3.63, 3.8) is 0 Å². The van der Waals surface area contributed by atoms with Crippen LogP contribution in [0.15, 0.2) is 16.7 Å². The smallest absolute Gasteiger partial charge is 0.123 e. The second kappa shape index (κ2) is 5.92. The lowest BCUT2D eigenvalue weighted by Gasteiger charge is -2.36. The Morgan fingerprint density at radius 2 is 1.94 bits per heavy atom. The molecule has 1 saturated carbocycles. The highest BCUT2D eigenvalue weighted by molar-refractivity contribution is 5.19. The molecule has 1 N–H and O–H groups in total. The van der Waals surface area contributed by atoms with Crippen LogP contribution in [0.3, 0.4) is 0 Å². The van der Waals surface area contributed by atoms with Crippen LogP contribution in [-0.4, -0.2) is 6.54 Å². The van der Waals surface area contributed by atoms with Crippen molar-refractivity contribution in [1.29, 1.82) is 0 Å². The molecule has 1 aromatic heterocycles. The highest BCUT2D eigenvalue weighted by Gasteiger charge is 2.32. The number of furan rings is 1. The van der Waals surface area contributed by atoms with Gasteiger partial charge in [0.1, 0.15) is 5.76 Å². The normalized spacial score (nSPS) is 30.3. The monoisotopic (exact) mass is 249 g/mol. The Balaban J connectivity index is 2.17. The van der Waals surface area contributed by atoms with E-state index in [-0.39, 0.29) is 0 Å². The van der Waals surface area contributed by atoms with E-state index in [0.717, 1.165) is 24.1 Å². The van der Waals surface area contributed by atoms with Gasteiger partial charge in [-0.25, -0.2) is 0 Å². The first-order valence-corrected chi connectivity index (χ1v) is 7.39. The van der Waals surface area contributed by atoms with Gasteiger partial charge < -0.3 is 9.73 Å². The molecule has 3 unspecified atom stereocenters. The second-order valence-corrected chi connectivity index (χ2v) is 6.18. The molecule has 2 nitrogen and oxygen atoms in total. The van der Waals surface area contributed by atoms with Gasteiger partial charge in [0, 0.05) is 0 Å². The summed E-state index contributed by atoms with van der Waals surface area (Å²) in [6, 6.07) is 2.48. The van der Waals surface area contributed by atoms with Crippen LogP contribution in [0.2, 0.25) is 0 Å². The van der Waals surface area contributed by atoms with Crippen LogP contribution in [0.4, 0.5) is 0 Å². The zero-order valence-corrected chi connectivity index (χ0v) is 12.2. The van der Waals surface area contributed by atoms with Crippen LogP contribution < -0.4 is 5.32 Å². The Morgan fingerprint density at radius 1 is 1.28 bits per heavy atom. The molecule has 0 bridgehead atoms. The molecule has 0 amide bonds. The van der Waals surface area contributed by atoms with E-state index in [1.54, 1.807) is 0 Å². The summed E-state index contributed by atoms with van der Waals surface area (Å²) in [6.07, 6.45) is 5.85. The van der Waals surface area contributed by atoms with Crippen LogP contribution in [0.1, 0.15) is 57.4 Å². The van der Waals surface area contributed by atoms with E-state index in [4.69, 9.17) is 4.42 Å². The highest BCUT2D eigenvalue weighted by atomic mass is 16.3. The SMILES string of the molecule is CCNC(c1occc1C)C1CC(C)CC(C)C1. The van der Waals surface area contributed by atoms with Gasteiger partial charge in [0.25, 0.3) is 0 Å². The molecule has 0 aromatic carbocycles. The predicted octanol–water partition coefficient (Wildman–Crippen LogP) is 4.31. The van der Waals surface area contributed by atoms with E-state index >= 15 is 0 Å². The zero-order chi connectivity index (χ0) is 13.1. The highest BCUT2D eigenvalue weighted by Crippen LogP contribution is 2.40. The van der Waals surface area contributed by atoms with Crippen molar-refractivity contribution >= 4 is 0 Å².